The molecule has 1 aliphatic carbocycles. The van der Waals surface area contributed by atoms with Crippen molar-refractivity contribution in [1.29, 1.82) is 5.26 Å². The summed E-state index contributed by atoms with van der Waals surface area (Å²) in [6, 6.07) is 7.79. The van der Waals surface area contributed by atoms with Crippen LogP contribution in [-0.2, 0) is 0 Å². The Labute approximate surface area is 116 Å². The molecule has 0 bridgehead atoms. The average Bonchev–Trinajstić information content (AvgIpc) is 2.84. The van der Waals surface area contributed by atoms with Gasteiger partial charge in [-0.25, -0.2) is 0 Å². The first-order valence-electron chi connectivity index (χ1n) is 6.29. The molecule has 0 amide bonds. The standard InChI is InChI=1S/C14H17BrN2O/c15-14-6-13(5-4-10(14)7-16)17-8-11-2-1-3-12(11)9-18/h4-6,11-12,17-18H,1-3,8-9H2. The van der Waals surface area contributed by atoms with Gasteiger partial charge in [0.25, 0.3) is 0 Å². The predicted octanol–water partition coefficient (Wildman–Crippen LogP) is 3.14. The maximum atomic E-state index is 9.27. The molecule has 2 rings (SSSR count). The van der Waals surface area contributed by atoms with Crippen molar-refractivity contribution in [2.24, 2.45) is 11.8 Å². The highest BCUT2D eigenvalue weighted by atomic mass is 79.9. The molecule has 96 valence electrons. The molecule has 1 saturated carbocycles. The molecule has 0 spiro atoms. The van der Waals surface area contributed by atoms with E-state index in [2.05, 4.69) is 27.3 Å². The SMILES string of the molecule is N#Cc1ccc(NCC2CCCC2CO)cc1Br. The van der Waals surface area contributed by atoms with Gasteiger partial charge in [0.2, 0.25) is 0 Å². The van der Waals surface area contributed by atoms with Gasteiger partial charge in [0, 0.05) is 23.3 Å². The van der Waals surface area contributed by atoms with Crippen LogP contribution in [0.1, 0.15) is 24.8 Å². The molecule has 4 heteroatoms. The molecule has 3 nitrogen and oxygen atoms in total. The quantitative estimate of drug-likeness (QED) is 0.898. The number of rotatable bonds is 4. The van der Waals surface area contributed by atoms with E-state index < -0.39 is 0 Å². The first-order chi connectivity index (χ1) is 8.74. The molecule has 1 fully saturated rings. The lowest BCUT2D eigenvalue weighted by Crippen LogP contribution is -2.20. The lowest BCUT2D eigenvalue weighted by molar-refractivity contribution is 0.199. The summed E-state index contributed by atoms with van der Waals surface area (Å²) in [4.78, 5) is 0. The van der Waals surface area contributed by atoms with Gasteiger partial charge >= 0.3 is 0 Å². The lowest BCUT2D eigenvalue weighted by Gasteiger charge is -2.18. The molecule has 1 aromatic carbocycles. The van der Waals surface area contributed by atoms with E-state index in [4.69, 9.17) is 5.26 Å². The minimum absolute atomic E-state index is 0.295. The van der Waals surface area contributed by atoms with Gasteiger partial charge in [0.1, 0.15) is 6.07 Å². The molecule has 2 N–H and O–H groups in total. The van der Waals surface area contributed by atoms with Crippen molar-refractivity contribution in [3.8, 4) is 6.07 Å². The van der Waals surface area contributed by atoms with Crippen LogP contribution in [0.25, 0.3) is 0 Å². The number of nitrogens with one attached hydrogen (secondary N) is 1. The number of aliphatic hydroxyl groups excluding tert-OH is 1. The fraction of sp³-hybridized carbons (Fsp3) is 0.500. The summed E-state index contributed by atoms with van der Waals surface area (Å²) >= 11 is 3.38. The number of anilines is 1. The van der Waals surface area contributed by atoms with Crippen molar-refractivity contribution < 1.29 is 5.11 Å². The summed E-state index contributed by atoms with van der Waals surface area (Å²) in [5.41, 5.74) is 1.67. The zero-order valence-electron chi connectivity index (χ0n) is 10.2. The highest BCUT2D eigenvalue weighted by Gasteiger charge is 2.26. The van der Waals surface area contributed by atoms with E-state index in [0.717, 1.165) is 23.1 Å². The second-order valence-electron chi connectivity index (χ2n) is 4.82. The lowest BCUT2D eigenvalue weighted by atomic mass is 9.97. The molecule has 1 aromatic rings. The number of nitriles is 1. The number of hydrogen-bond acceptors (Lipinski definition) is 3. The van der Waals surface area contributed by atoms with Gasteiger partial charge in [-0.1, -0.05) is 6.42 Å². The van der Waals surface area contributed by atoms with Crippen molar-refractivity contribution in [2.75, 3.05) is 18.5 Å². The summed E-state index contributed by atoms with van der Waals surface area (Å²) < 4.78 is 0.820. The van der Waals surface area contributed by atoms with Crippen LogP contribution < -0.4 is 5.32 Å². The Morgan fingerprint density at radius 2 is 2.17 bits per heavy atom. The van der Waals surface area contributed by atoms with Gasteiger partial charge in [-0.15, -0.1) is 0 Å². The first-order valence-corrected chi connectivity index (χ1v) is 7.08. The normalized spacial score (nSPS) is 22.7. The number of hydrogen-bond donors (Lipinski definition) is 2. The summed E-state index contributed by atoms with van der Waals surface area (Å²) in [6.45, 7) is 1.19. The van der Waals surface area contributed by atoms with E-state index in [1.807, 2.05) is 18.2 Å². The minimum atomic E-state index is 0.295. The zero-order chi connectivity index (χ0) is 13.0. The molecular weight excluding hydrogens is 292 g/mol. The van der Waals surface area contributed by atoms with E-state index in [1.54, 1.807) is 0 Å². The highest BCUT2D eigenvalue weighted by Crippen LogP contribution is 2.31. The minimum Gasteiger partial charge on any atom is -0.396 e. The van der Waals surface area contributed by atoms with Crippen molar-refractivity contribution in [1.82, 2.24) is 0 Å². The Morgan fingerprint density at radius 3 is 2.83 bits per heavy atom. The van der Waals surface area contributed by atoms with Gasteiger partial charge in [-0.2, -0.15) is 5.26 Å². The largest absolute Gasteiger partial charge is 0.396 e. The van der Waals surface area contributed by atoms with Crippen LogP contribution in [0.2, 0.25) is 0 Å². The fourth-order valence-corrected chi connectivity index (χ4v) is 3.05. The van der Waals surface area contributed by atoms with E-state index in [1.165, 1.54) is 12.8 Å². The van der Waals surface area contributed by atoms with Gasteiger partial charge in [0.05, 0.1) is 5.56 Å². The third-order valence-corrected chi connectivity index (χ3v) is 4.37. The maximum absolute atomic E-state index is 9.27. The number of halogens is 1. The van der Waals surface area contributed by atoms with E-state index >= 15 is 0 Å². The molecule has 2 unspecified atom stereocenters. The second kappa shape index (κ2) is 6.21. The van der Waals surface area contributed by atoms with Crippen LogP contribution in [0.3, 0.4) is 0 Å². The smallest absolute Gasteiger partial charge is 0.100 e. The van der Waals surface area contributed by atoms with Crippen molar-refractivity contribution in [3.05, 3.63) is 28.2 Å². The van der Waals surface area contributed by atoms with E-state index in [0.29, 0.717) is 24.0 Å². The van der Waals surface area contributed by atoms with Crippen LogP contribution in [0.15, 0.2) is 22.7 Å². The Bertz CT molecular complexity index is 456. The maximum Gasteiger partial charge on any atom is 0.100 e. The van der Waals surface area contributed by atoms with Gasteiger partial charge in [-0.3, -0.25) is 0 Å². The van der Waals surface area contributed by atoms with E-state index in [9.17, 15) is 5.11 Å². The van der Waals surface area contributed by atoms with Crippen molar-refractivity contribution in [3.63, 3.8) is 0 Å². The van der Waals surface area contributed by atoms with Crippen molar-refractivity contribution >= 4 is 21.6 Å². The molecule has 0 radical (unpaired) electrons. The summed E-state index contributed by atoms with van der Waals surface area (Å²) in [5.74, 6) is 1.00. The third kappa shape index (κ3) is 3.04. The second-order valence-corrected chi connectivity index (χ2v) is 5.68. The fourth-order valence-electron chi connectivity index (χ4n) is 2.59. The third-order valence-electron chi connectivity index (χ3n) is 3.71. The number of benzene rings is 1. The van der Waals surface area contributed by atoms with Crippen LogP contribution >= 0.6 is 15.9 Å². The molecular formula is C14H17BrN2O. The summed E-state index contributed by atoms with van der Waals surface area (Å²) in [5, 5.41) is 21.5. The predicted molar refractivity (Wildman–Crippen MR) is 75.3 cm³/mol. The van der Waals surface area contributed by atoms with Gasteiger partial charge < -0.3 is 10.4 Å². The molecule has 0 heterocycles. The number of aliphatic hydroxyl groups is 1. The van der Waals surface area contributed by atoms with Crippen LogP contribution in [0.4, 0.5) is 5.69 Å². The molecule has 2 atom stereocenters. The molecule has 18 heavy (non-hydrogen) atoms. The van der Waals surface area contributed by atoms with Crippen molar-refractivity contribution in [2.45, 2.75) is 19.3 Å². The topological polar surface area (TPSA) is 56.0 Å². The Hall–Kier alpha value is -1.05. The Morgan fingerprint density at radius 1 is 1.39 bits per heavy atom. The van der Waals surface area contributed by atoms with Gasteiger partial charge in [0.15, 0.2) is 0 Å². The van der Waals surface area contributed by atoms with Gasteiger partial charge in [-0.05, 0) is 58.8 Å². The average molecular weight is 309 g/mol. The summed E-state index contributed by atoms with van der Waals surface area (Å²) in [7, 11) is 0. The van der Waals surface area contributed by atoms with E-state index in [-0.39, 0.29) is 0 Å². The monoisotopic (exact) mass is 308 g/mol. The Balaban J connectivity index is 1.94. The van der Waals surface area contributed by atoms with Crippen LogP contribution in [0.5, 0.6) is 0 Å². The molecule has 0 saturated heterocycles. The Kier molecular flexibility index (Phi) is 4.62. The molecule has 0 aromatic heterocycles. The first kappa shape index (κ1) is 13.4. The highest BCUT2D eigenvalue weighted by molar-refractivity contribution is 9.10. The number of nitrogens with zero attached hydrogens (tertiary/aromatic N) is 1. The summed E-state index contributed by atoms with van der Waals surface area (Å²) in [6.07, 6.45) is 3.55. The molecule has 1 aliphatic rings. The molecule has 0 aliphatic heterocycles. The zero-order valence-corrected chi connectivity index (χ0v) is 11.8. The van der Waals surface area contributed by atoms with Crippen LogP contribution in [-0.4, -0.2) is 18.3 Å². The van der Waals surface area contributed by atoms with Crippen LogP contribution in [0, 0.1) is 23.2 Å².